The Balaban J connectivity index is 0.788. The van der Waals surface area contributed by atoms with Crippen LogP contribution in [0.2, 0.25) is 0 Å². The number of allylic oxidation sites excluding steroid dienone is 4. The molecular weight excluding hydrogens is 965 g/mol. The van der Waals surface area contributed by atoms with Gasteiger partial charge in [-0.2, -0.15) is 0 Å². The maximum atomic E-state index is 18.2. The molecule has 10 atom stereocenters. The third-order valence-corrected chi connectivity index (χ3v) is 19.4. The molecule has 1 unspecified atom stereocenters. The zero-order chi connectivity index (χ0) is 52.4. The van der Waals surface area contributed by atoms with Gasteiger partial charge in [-0.25, -0.2) is 8.96 Å². The molecule has 0 radical (unpaired) electrons. The van der Waals surface area contributed by atoms with Crippen molar-refractivity contribution in [1.82, 2.24) is 10.2 Å². The second-order valence-electron chi connectivity index (χ2n) is 23.8. The topological polar surface area (TPSA) is 184 Å². The van der Waals surface area contributed by atoms with E-state index in [0.717, 1.165) is 102 Å². The monoisotopic (exact) mass is 1050 g/mol. The Hall–Kier alpha value is -3.18. The molecule has 2 aromatic carbocycles. The number of ketones is 2. The Morgan fingerprint density at radius 1 is 0.973 bits per heavy atom. The normalized spacial score (nSPS) is 33.3. The standard InChI is InChI=1S/C58H83FN3O11P/c1-55-26-25-46(63)35-45(55)23-24-47-48-36-53-58(56(48,2)37-51(65)57(47,55)59,72-54(71-53)42-19-10-7-11-20-42)52(66)39-61-28-30-62(3,31-29-61)40-44-22-21-43(34-50(44)73-74(67,68)69)49(64)38-60-27-13-4-5-14-32-70-33-15-12-18-41-16-8-6-9-17-41/h6,8-9,16-17,21-22,25-26,34-35,42,47-49,51,53-54,60,64-65H,4-5,7,10-15,18-20,23-24,27-33,36-40H2,1-3H3,(H-,67,68,69)/p+1/t47-,48-,49?,51-,53+,54+,55-,56-,57-,58+/m0/s1. The van der Waals surface area contributed by atoms with Gasteiger partial charge in [-0.1, -0.05) is 87.1 Å². The van der Waals surface area contributed by atoms with E-state index in [1.54, 1.807) is 24.3 Å². The summed E-state index contributed by atoms with van der Waals surface area (Å²) < 4.78 is 56.1. The number of carbonyl (C=O) groups excluding carboxylic acids is 2. The molecule has 14 nitrogen and oxygen atoms in total. The lowest BCUT2D eigenvalue weighted by Crippen LogP contribution is -2.70. The van der Waals surface area contributed by atoms with Crippen molar-refractivity contribution >= 4 is 19.4 Å². The summed E-state index contributed by atoms with van der Waals surface area (Å²) in [4.78, 5) is 49.9. The number of likely N-dealkylation sites (N-methyl/N-ethyl adjacent to an activating group) is 1. The van der Waals surface area contributed by atoms with Crippen molar-refractivity contribution in [3.8, 4) is 5.75 Å². The molecule has 74 heavy (non-hydrogen) atoms. The number of halogens is 1. The summed E-state index contributed by atoms with van der Waals surface area (Å²) in [5, 5.41) is 26.7. The van der Waals surface area contributed by atoms with Crippen LogP contribution in [0.5, 0.6) is 5.75 Å². The Morgan fingerprint density at radius 3 is 2.45 bits per heavy atom. The maximum absolute atomic E-state index is 18.2. The molecule has 16 heteroatoms. The van der Waals surface area contributed by atoms with Crippen molar-refractivity contribution in [2.45, 2.75) is 159 Å². The van der Waals surface area contributed by atoms with Crippen molar-refractivity contribution < 1.29 is 61.8 Å². The first-order chi connectivity index (χ1) is 35.4. The van der Waals surface area contributed by atoms with Gasteiger partial charge < -0.3 is 38.7 Å². The fourth-order valence-corrected chi connectivity index (χ4v) is 15.1. The number of fused-ring (bicyclic) bond motifs is 7. The van der Waals surface area contributed by atoms with Crippen LogP contribution in [-0.4, -0.2) is 137 Å². The minimum absolute atomic E-state index is 0.0319. The predicted molar refractivity (Wildman–Crippen MR) is 279 cm³/mol. The summed E-state index contributed by atoms with van der Waals surface area (Å²) in [6.45, 7) is 9.31. The fourth-order valence-electron chi connectivity index (χ4n) is 14.7. The Morgan fingerprint density at radius 2 is 1.70 bits per heavy atom. The highest BCUT2D eigenvalue weighted by Crippen LogP contribution is 2.72. The van der Waals surface area contributed by atoms with Crippen LogP contribution in [0.4, 0.5) is 4.39 Å². The van der Waals surface area contributed by atoms with Gasteiger partial charge >= 0.3 is 7.82 Å². The molecule has 0 aromatic heterocycles. The van der Waals surface area contributed by atoms with Gasteiger partial charge in [0, 0.05) is 61.1 Å². The maximum Gasteiger partial charge on any atom is 0.524 e. The number of aliphatic hydroxyl groups excluding tert-OH is 2. The van der Waals surface area contributed by atoms with Crippen LogP contribution in [0.1, 0.15) is 133 Å². The smallest absolute Gasteiger partial charge is 0.404 e. The quantitative estimate of drug-likeness (QED) is 0.0408. The number of nitrogens with zero attached hydrogens (tertiary/aromatic N) is 2. The average molecular weight is 1050 g/mol. The largest absolute Gasteiger partial charge is 0.524 e. The molecule has 7 aliphatic rings. The van der Waals surface area contributed by atoms with E-state index in [-0.39, 0.29) is 48.7 Å². The average Bonchev–Trinajstić information content (AvgIpc) is 3.88. The summed E-state index contributed by atoms with van der Waals surface area (Å²) in [6, 6.07) is 15.6. The van der Waals surface area contributed by atoms with Gasteiger partial charge in [0.05, 0.1) is 45.0 Å². The molecule has 9 rings (SSSR count). The molecule has 4 saturated carbocycles. The number of rotatable bonds is 23. The second kappa shape index (κ2) is 23.0. The summed E-state index contributed by atoms with van der Waals surface area (Å²) in [5.74, 6) is -0.932. The lowest BCUT2D eigenvalue weighted by atomic mass is 9.44. The van der Waals surface area contributed by atoms with Crippen molar-refractivity contribution in [2.75, 3.05) is 66.1 Å². The Labute approximate surface area is 438 Å². The number of aryl methyl sites for hydroxylation is 1. The highest BCUT2D eigenvalue weighted by Gasteiger charge is 2.79. The molecular formula is C58H84FN3O11P+. The SMILES string of the molecule is C[C@]12C=CC(=O)C=C1CC[C@H]1[C@@H]3C[C@H]4O[C@@H](C5CCCCC5)O[C@@]4(C(=O)CN4CC[N+](C)(Cc5ccc(C(O)CNCCCCCCOCCCCc6ccccc6)cc5OP(=O)(O)O)CC4)[C@@]3(C)C[C@H](O)[C@@]12F. The molecule has 2 saturated heterocycles. The number of unbranched alkanes of at least 4 members (excludes halogenated alkanes) is 4. The highest BCUT2D eigenvalue weighted by molar-refractivity contribution is 7.46. The first-order valence-electron chi connectivity index (χ1n) is 28.0. The van der Waals surface area contributed by atoms with Crippen LogP contribution in [-0.2, 0) is 41.3 Å². The first-order valence-corrected chi connectivity index (χ1v) is 29.5. The molecule has 2 aliphatic heterocycles. The number of nitrogens with one attached hydrogen (secondary N) is 1. The van der Waals surface area contributed by atoms with Gasteiger partial charge in [-0.15, -0.1) is 0 Å². The number of benzene rings is 2. The number of phosphoric acid groups is 1. The molecule has 5 aliphatic carbocycles. The molecule has 0 amide bonds. The number of ether oxygens (including phenoxy) is 3. The number of hydrogen-bond acceptors (Lipinski definition) is 11. The van der Waals surface area contributed by atoms with E-state index in [1.165, 1.54) is 17.7 Å². The summed E-state index contributed by atoms with van der Waals surface area (Å²) in [5.41, 5.74) is -2.28. The summed E-state index contributed by atoms with van der Waals surface area (Å²) in [6.07, 6.45) is 15.2. The molecule has 5 N–H and O–H groups in total. The Bertz CT molecular complexity index is 2390. The third kappa shape index (κ3) is 11.4. The van der Waals surface area contributed by atoms with Gasteiger partial charge in [0.15, 0.2) is 29.1 Å². The molecule has 2 heterocycles. The first kappa shape index (κ1) is 55.6. The number of carbonyl (C=O) groups is 2. The predicted octanol–water partition coefficient (Wildman–Crippen LogP) is 8.25. The van der Waals surface area contributed by atoms with Crippen molar-refractivity contribution in [2.24, 2.45) is 28.6 Å². The van der Waals surface area contributed by atoms with Gasteiger partial charge in [0.25, 0.3) is 0 Å². The lowest BCUT2D eigenvalue weighted by molar-refractivity contribution is -0.926. The van der Waals surface area contributed by atoms with Gasteiger partial charge in [0.1, 0.15) is 12.3 Å². The molecule has 0 bridgehead atoms. The number of hydrogen-bond donors (Lipinski definition) is 5. The molecule has 408 valence electrons. The van der Waals surface area contributed by atoms with Crippen LogP contribution in [0.15, 0.2) is 72.3 Å². The van der Waals surface area contributed by atoms with Crippen LogP contribution < -0.4 is 9.84 Å². The number of phosphoric ester groups is 1. The van der Waals surface area contributed by atoms with E-state index >= 15 is 9.18 Å². The minimum Gasteiger partial charge on any atom is -0.404 e. The van der Waals surface area contributed by atoms with Crippen LogP contribution in [0.25, 0.3) is 0 Å². The zero-order valence-corrected chi connectivity index (χ0v) is 45.0. The van der Waals surface area contributed by atoms with E-state index in [0.29, 0.717) is 67.6 Å². The van der Waals surface area contributed by atoms with Crippen molar-refractivity contribution in [3.05, 3.63) is 89.0 Å². The summed E-state index contributed by atoms with van der Waals surface area (Å²) in [7, 11) is -2.85. The van der Waals surface area contributed by atoms with Crippen LogP contribution in [0.3, 0.4) is 0 Å². The number of aliphatic hydroxyl groups is 2. The molecule has 6 fully saturated rings. The number of piperazine rings is 1. The number of quaternary nitrogens is 1. The van der Waals surface area contributed by atoms with Crippen molar-refractivity contribution in [3.63, 3.8) is 0 Å². The highest BCUT2D eigenvalue weighted by atomic mass is 31.2. The van der Waals surface area contributed by atoms with Crippen LogP contribution in [0, 0.1) is 28.6 Å². The Kier molecular flexibility index (Phi) is 17.3. The van der Waals surface area contributed by atoms with Gasteiger partial charge in [0.2, 0.25) is 0 Å². The zero-order valence-electron chi connectivity index (χ0n) is 44.1. The van der Waals surface area contributed by atoms with E-state index in [4.69, 9.17) is 18.7 Å². The summed E-state index contributed by atoms with van der Waals surface area (Å²) >= 11 is 0. The number of alkyl halides is 1. The van der Waals surface area contributed by atoms with E-state index in [1.807, 2.05) is 19.9 Å². The van der Waals surface area contributed by atoms with Gasteiger partial charge in [-0.05, 0) is 125 Å². The fraction of sp³-hybridized carbons (Fsp3) is 0.690. The van der Waals surface area contributed by atoms with Crippen LogP contribution >= 0.6 is 7.82 Å². The lowest BCUT2D eigenvalue weighted by Gasteiger charge is -2.62. The molecule has 2 aromatic rings. The van der Waals surface area contributed by atoms with Crippen molar-refractivity contribution in [1.29, 1.82) is 0 Å². The second-order valence-corrected chi connectivity index (χ2v) is 25.0. The van der Waals surface area contributed by atoms with E-state index in [2.05, 4.69) is 41.5 Å². The number of Topliss-reactive ketones (excluding diaryl/α,β-unsaturated/α-hetero) is 1. The van der Waals surface area contributed by atoms with E-state index < -0.39 is 60.4 Å². The van der Waals surface area contributed by atoms with Gasteiger partial charge in [-0.3, -0.25) is 24.3 Å². The minimum atomic E-state index is -4.94. The third-order valence-electron chi connectivity index (χ3n) is 19.0. The van der Waals surface area contributed by atoms with E-state index in [9.17, 15) is 29.4 Å². The molecule has 0 spiro atoms.